The first-order chi connectivity index (χ1) is 8.66. The molecule has 2 rings (SSSR count). The van der Waals surface area contributed by atoms with Gasteiger partial charge in [0.15, 0.2) is 0 Å². The highest BCUT2D eigenvalue weighted by Crippen LogP contribution is 2.11. The number of fused-ring (bicyclic) bond motifs is 1. The van der Waals surface area contributed by atoms with E-state index in [-0.39, 0.29) is 5.25 Å². The molecule has 96 valence electrons. The van der Waals surface area contributed by atoms with Gasteiger partial charge in [0.2, 0.25) is 0 Å². The minimum atomic E-state index is -0.773. The second-order valence-electron chi connectivity index (χ2n) is 4.44. The Labute approximate surface area is 110 Å². The summed E-state index contributed by atoms with van der Waals surface area (Å²) in [5, 5.41) is 4.62. The predicted molar refractivity (Wildman–Crippen MR) is 77.0 cm³/mol. The van der Waals surface area contributed by atoms with Crippen LogP contribution < -0.4 is 5.32 Å². The van der Waals surface area contributed by atoms with Crippen LogP contribution >= 0.6 is 0 Å². The molecule has 0 aliphatic rings. The fourth-order valence-corrected chi connectivity index (χ4v) is 2.08. The van der Waals surface area contributed by atoms with Gasteiger partial charge < -0.3 is 5.32 Å². The molecule has 2 unspecified atom stereocenters. The zero-order valence-corrected chi connectivity index (χ0v) is 11.5. The first-order valence-corrected chi connectivity index (χ1v) is 7.66. The highest BCUT2D eigenvalue weighted by Gasteiger charge is 2.05. The highest BCUT2D eigenvalue weighted by molar-refractivity contribution is 7.84. The summed E-state index contributed by atoms with van der Waals surface area (Å²) < 4.78 is 11.2. The SMILES string of the molecule is CC(CNCc1ccc2ccccc2n1)S(C)=O. The number of pyridine rings is 1. The number of para-hydroxylation sites is 1. The summed E-state index contributed by atoms with van der Waals surface area (Å²) in [5.41, 5.74) is 2.03. The Hall–Kier alpha value is -1.26. The van der Waals surface area contributed by atoms with E-state index in [2.05, 4.69) is 22.4 Å². The number of aromatic nitrogens is 1. The van der Waals surface area contributed by atoms with Gasteiger partial charge in [-0.3, -0.25) is 9.19 Å². The van der Waals surface area contributed by atoms with E-state index in [1.54, 1.807) is 6.26 Å². The first kappa shape index (κ1) is 13.2. The van der Waals surface area contributed by atoms with E-state index in [4.69, 9.17) is 0 Å². The minimum absolute atomic E-state index is 0.172. The molecule has 0 bridgehead atoms. The molecule has 4 heteroatoms. The van der Waals surface area contributed by atoms with Crippen molar-refractivity contribution in [3.63, 3.8) is 0 Å². The fraction of sp³-hybridized carbons (Fsp3) is 0.357. The lowest BCUT2D eigenvalue weighted by atomic mass is 10.2. The fourth-order valence-electron chi connectivity index (χ4n) is 1.73. The van der Waals surface area contributed by atoms with Gasteiger partial charge in [-0.15, -0.1) is 0 Å². The van der Waals surface area contributed by atoms with Gasteiger partial charge in [-0.1, -0.05) is 24.3 Å². The summed E-state index contributed by atoms with van der Waals surface area (Å²) in [6, 6.07) is 12.2. The standard InChI is InChI=1S/C14H18N2OS/c1-11(18(2)17)9-15-10-13-8-7-12-5-3-4-6-14(12)16-13/h3-8,11,15H,9-10H2,1-2H3. The lowest BCUT2D eigenvalue weighted by molar-refractivity contribution is 0.643. The molecule has 1 N–H and O–H groups in total. The molecule has 18 heavy (non-hydrogen) atoms. The van der Waals surface area contributed by atoms with E-state index < -0.39 is 10.8 Å². The monoisotopic (exact) mass is 262 g/mol. The van der Waals surface area contributed by atoms with Crippen molar-refractivity contribution in [2.75, 3.05) is 12.8 Å². The normalized spacial score (nSPS) is 14.6. The van der Waals surface area contributed by atoms with Gasteiger partial charge in [0.05, 0.1) is 11.2 Å². The van der Waals surface area contributed by atoms with Gasteiger partial charge in [-0.25, -0.2) is 0 Å². The Morgan fingerprint density at radius 3 is 2.83 bits per heavy atom. The number of nitrogens with one attached hydrogen (secondary N) is 1. The number of hydrogen-bond donors (Lipinski definition) is 1. The Morgan fingerprint density at radius 2 is 2.06 bits per heavy atom. The minimum Gasteiger partial charge on any atom is -0.310 e. The molecule has 1 heterocycles. The molecule has 0 saturated carbocycles. The molecule has 0 aliphatic heterocycles. The van der Waals surface area contributed by atoms with Crippen LogP contribution in [0, 0.1) is 0 Å². The average Bonchev–Trinajstić information content (AvgIpc) is 2.38. The summed E-state index contributed by atoms with van der Waals surface area (Å²) in [7, 11) is -0.773. The van der Waals surface area contributed by atoms with Crippen LogP contribution in [0.25, 0.3) is 10.9 Å². The maximum absolute atomic E-state index is 11.2. The van der Waals surface area contributed by atoms with Crippen LogP contribution in [0.4, 0.5) is 0 Å². The van der Waals surface area contributed by atoms with Crippen molar-refractivity contribution in [1.82, 2.24) is 10.3 Å². The van der Waals surface area contributed by atoms with E-state index in [1.165, 1.54) is 0 Å². The average molecular weight is 262 g/mol. The number of benzene rings is 1. The van der Waals surface area contributed by atoms with E-state index >= 15 is 0 Å². The third-order valence-corrected chi connectivity index (χ3v) is 4.26. The van der Waals surface area contributed by atoms with Gasteiger partial charge in [-0.2, -0.15) is 0 Å². The Morgan fingerprint density at radius 1 is 1.28 bits per heavy atom. The van der Waals surface area contributed by atoms with Crippen LogP contribution in [-0.2, 0) is 17.3 Å². The smallest absolute Gasteiger partial charge is 0.0705 e. The second-order valence-corrected chi connectivity index (χ2v) is 6.24. The summed E-state index contributed by atoms with van der Waals surface area (Å²) in [6.07, 6.45) is 1.74. The summed E-state index contributed by atoms with van der Waals surface area (Å²) in [6.45, 7) is 3.45. The molecule has 0 amide bonds. The zero-order valence-electron chi connectivity index (χ0n) is 10.7. The van der Waals surface area contributed by atoms with Crippen molar-refractivity contribution in [1.29, 1.82) is 0 Å². The van der Waals surface area contributed by atoms with Crippen LogP contribution in [0.3, 0.4) is 0 Å². The summed E-state index contributed by atoms with van der Waals surface area (Å²) >= 11 is 0. The molecule has 0 saturated heterocycles. The molecule has 1 aromatic heterocycles. The second kappa shape index (κ2) is 6.07. The first-order valence-electron chi connectivity index (χ1n) is 6.04. The Kier molecular flexibility index (Phi) is 4.44. The van der Waals surface area contributed by atoms with Crippen LogP contribution in [0.5, 0.6) is 0 Å². The van der Waals surface area contributed by atoms with Crippen molar-refractivity contribution in [3.8, 4) is 0 Å². The van der Waals surface area contributed by atoms with Crippen LogP contribution in [0.15, 0.2) is 36.4 Å². The molecule has 2 aromatic rings. The Bertz CT molecular complexity index is 556. The molecule has 0 fully saturated rings. The number of nitrogens with zero attached hydrogens (tertiary/aromatic N) is 1. The predicted octanol–water partition coefficient (Wildman–Crippen LogP) is 2.09. The van der Waals surface area contributed by atoms with Crippen molar-refractivity contribution < 1.29 is 4.21 Å². The van der Waals surface area contributed by atoms with E-state index in [9.17, 15) is 4.21 Å². The van der Waals surface area contributed by atoms with Crippen LogP contribution in [-0.4, -0.2) is 27.2 Å². The largest absolute Gasteiger partial charge is 0.310 e. The third kappa shape index (κ3) is 3.37. The van der Waals surface area contributed by atoms with Gasteiger partial charge in [0.25, 0.3) is 0 Å². The zero-order chi connectivity index (χ0) is 13.0. The topological polar surface area (TPSA) is 42.0 Å². The molecule has 0 radical (unpaired) electrons. The molecule has 3 nitrogen and oxygen atoms in total. The van der Waals surface area contributed by atoms with Crippen molar-refractivity contribution in [3.05, 3.63) is 42.1 Å². The van der Waals surface area contributed by atoms with Crippen molar-refractivity contribution in [2.24, 2.45) is 0 Å². The molecule has 1 aromatic carbocycles. The Balaban J connectivity index is 1.98. The molecule has 0 aliphatic carbocycles. The number of hydrogen-bond acceptors (Lipinski definition) is 3. The lowest BCUT2D eigenvalue weighted by Gasteiger charge is -2.09. The third-order valence-electron chi connectivity index (χ3n) is 2.96. The van der Waals surface area contributed by atoms with Gasteiger partial charge in [-0.05, 0) is 19.1 Å². The van der Waals surface area contributed by atoms with Crippen molar-refractivity contribution >= 4 is 21.7 Å². The van der Waals surface area contributed by atoms with E-state index in [0.717, 1.165) is 23.1 Å². The van der Waals surface area contributed by atoms with E-state index in [1.807, 2.05) is 31.2 Å². The van der Waals surface area contributed by atoms with Crippen molar-refractivity contribution in [2.45, 2.75) is 18.7 Å². The molecular weight excluding hydrogens is 244 g/mol. The van der Waals surface area contributed by atoms with Crippen LogP contribution in [0.2, 0.25) is 0 Å². The van der Waals surface area contributed by atoms with Gasteiger partial charge in [0, 0.05) is 40.8 Å². The maximum Gasteiger partial charge on any atom is 0.0705 e. The maximum atomic E-state index is 11.2. The lowest BCUT2D eigenvalue weighted by Crippen LogP contribution is -2.27. The summed E-state index contributed by atoms with van der Waals surface area (Å²) in [5.74, 6) is 0. The molecular formula is C14H18N2OS. The van der Waals surface area contributed by atoms with Gasteiger partial charge in [0.1, 0.15) is 0 Å². The highest BCUT2D eigenvalue weighted by atomic mass is 32.2. The summed E-state index contributed by atoms with van der Waals surface area (Å²) in [4.78, 5) is 4.58. The van der Waals surface area contributed by atoms with Crippen LogP contribution in [0.1, 0.15) is 12.6 Å². The van der Waals surface area contributed by atoms with E-state index in [0.29, 0.717) is 6.54 Å². The molecule has 2 atom stereocenters. The molecule has 0 spiro atoms. The van der Waals surface area contributed by atoms with Gasteiger partial charge >= 0.3 is 0 Å². The quantitative estimate of drug-likeness (QED) is 0.897. The number of rotatable bonds is 5.